The number of imide groups is 1. The van der Waals surface area contributed by atoms with Crippen molar-refractivity contribution in [1.82, 2.24) is 9.88 Å². The van der Waals surface area contributed by atoms with Crippen molar-refractivity contribution in [2.75, 3.05) is 12.4 Å². The number of thiazole rings is 1. The van der Waals surface area contributed by atoms with Gasteiger partial charge in [0.15, 0.2) is 0 Å². The zero-order valence-corrected chi connectivity index (χ0v) is 17.0. The Hall–Kier alpha value is -3.03. The maximum absolute atomic E-state index is 12.4. The number of carbonyl (C=O) groups is 3. The molecule has 1 aliphatic heterocycles. The molecule has 6 nitrogen and oxygen atoms in total. The normalized spacial score (nSPS) is 13.0. The Morgan fingerprint density at radius 3 is 2.72 bits per heavy atom. The maximum atomic E-state index is 12.4. The standard InChI is InChI=1S/C21H16ClN3O3S/c1-25-20(27)16-6-5-14(9-17(16)21(25)28)23-18(26)10-15-11-29-19(24-15)8-12-3-2-4-13(22)7-12/h2-7,9,11H,8,10H2,1H3,(H,23,26). The zero-order chi connectivity index (χ0) is 20.5. The van der Waals surface area contributed by atoms with Crippen LogP contribution in [0.1, 0.15) is 37.0 Å². The van der Waals surface area contributed by atoms with Crippen molar-refractivity contribution in [3.8, 4) is 0 Å². The molecule has 0 aliphatic carbocycles. The maximum Gasteiger partial charge on any atom is 0.261 e. The number of rotatable bonds is 5. The lowest BCUT2D eigenvalue weighted by Gasteiger charge is -2.05. The van der Waals surface area contributed by atoms with Gasteiger partial charge in [0.1, 0.15) is 0 Å². The number of hydrogen-bond acceptors (Lipinski definition) is 5. The summed E-state index contributed by atoms with van der Waals surface area (Å²) >= 11 is 7.50. The quantitative estimate of drug-likeness (QED) is 0.630. The molecule has 2 aromatic carbocycles. The minimum atomic E-state index is -0.369. The second-order valence-corrected chi connectivity index (χ2v) is 8.07. The van der Waals surface area contributed by atoms with Gasteiger partial charge in [-0.3, -0.25) is 19.3 Å². The van der Waals surface area contributed by atoms with Crippen LogP contribution in [0.4, 0.5) is 5.69 Å². The van der Waals surface area contributed by atoms with E-state index in [1.54, 1.807) is 12.1 Å². The number of anilines is 1. The van der Waals surface area contributed by atoms with Crippen molar-refractivity contribution in [1.29, 1.82) is 0 Å². The van der Waals surface area contributed by atoms with Crippen molar-refractivity contribution < 1.29 is 14.4 Å². The van der Waals surface area contributed by atoms with Gasteiger partial charge in [0.05, 0.1) is 28.2 Å². The molecule has 29 heavy (non-hydrogen) atoms. The Kier molecular flexibility index (Phi) is 5.17. The van der Waals surface area contributed by atoms with Gasteiger partial charge in [-0.1, -0.05) is 23.7 Å². The highest BCUT2D eigenvalue weighted by Gasteiger charge is 2.32. The molecule has 0 bridgehead atoms. The second-order valence-electron chi connectivity index (χ2n) is 6.69. The van der Waals surface area contributed by atoms with E-state index in [1.807, 2.05) is 29.6 Å². The smallest absolute Gasteiger partial charge is 0.261 e. The molecule has 0 saturated heterocycles. The van der Waals surface area contributed by atoms with E-state index >= 15 is 0 Å². The number of aromatic nitrogens is 1. The zero-order valence-electron chi connectivity index (χ0n) is 15.4. The lowest BCUT2D eigenvalue weighted by molar-refractivity contribution is -0.115. The summed E-state index contributed by atoms with van der Waals surface area (Å²) in [6, 6.07) is 12.3. The highest BCUT2D eigenvalue weighted by atomic mass is 35.5. The third kappa shape index (κ3) is 4.06. The van der Waals surface area contributed by atoms with Gasteiger partial charge in [0.25, 0.3) is 11.8 Å². The highest BCUT2D eigenvalue weighted by Crippen LogP contribution is 2.25. The summed E-state index contributed by atoms with van der Waals surface area (Å²) in [6.45, 7) is 0. The molecule has 1 aromatic heterocycles. The fourth-order valence-corrected chi connectivity index (χ4v) is 4.18. The van der Waals surface area contributed by atoms with Crippen molar-refractivity contribution in [2.24, 2.45) is 0 Å². The topological polar surface area (TPSA) is 79.4 Å². The van der Waals surface area contributed by atoms with Crippen LogP contribution < -0.4 is 5.32 Å². The molecule has 3 aromatic rings. The molecule has 2 heterocycles. The average Bonchev–Trinajstić information content (AvgIpc) is 3.20. The number of nitrogens with one attached hydrogen (secondary N) is 1. The summed E-state index contributed by atoms with van der Waals surface area (Å²) in [7, 11) is 1.44. The van der Waals surface area contributed by atoms with Gasteiger partial charge in [-0.15, -0.1) is 11.3 Å². The molecule has 146 valence electrons. The van der Waals surface area contributed by atoms with E-state index in [1.165, 1.54) is 24.5 Å². The van der Waals surface area contributed by atoms with Crippen LogP contribution in [0, 0.1) is 0 Å². The summed E-state index contributed by atoms with van der Waals surface area (Å²) in [5.74, 6) is -0.946. The molecule has 0 spiro atoms. The molecule has 8 heteroatoms. The van der Waals surface area contributed by atoms with E-state index < -0.39 is 0 Å². The Labute approximate surface area is 176 Å². The van der Waals surface area contributed by atoms with Gasteiger partial charge in [0, 0.05) is 29.6 Å². The van der Waals surface area contributed by atoms with E-state index in [-0.39, 0.29) is 24.1 Å². The predicted molar refractivity (Wildman–Crippen MR) is 112 cm³/mol. The molecule has 0 unspecified atom stereocenters. The third-order valence-electron chi connectivity index (χ3n) is 4.56. The summed E-state index contributed by atoms with van der Waals surface area (Å²) in [5, 5.41) is 6.21. The molecule has 1 aliphatic rings. The molecule has 0 atom stereocenters. The van der Waals surface area contributed by atoms with Crippen LogP contribution in [-0.2, 0) is 17.6 Å². The van der Waals surface area contributed by atoms with Gasteiger partial charge in [0.2, 0.25) is 5.91 Å². The summed E-state index contributed by atoms with van der Waals surface area (Å²) in [4.78, 5) is 42.0. The molecular formula is C21H16ClN3O3S. The second kappa shape index (κ2) is 7.77. The molecule has 0 fully saturated rings. The monoisotopic (exact) mass is 425 g/mol. The van der Waals surface area contributed by atoms with Crippen molar-refractivity contribution >= 4 is 46.3 Å². The van der Waals surface area contributed by atoms with Crippen molar-refractivity contribution in [3.05, 3.63) is 80.3 Å². The molecule has 1 N–H and O–H groups in total. The summed E-state index contributed by atoms with van der Waals surface area (Å²) in [6.07, 6.45) is 0.775. The van der Waals surface area contributed by atoms with Crippen molar-refractivity contribution in [3.63, 3.8) is 0 Å². The largest absolute Gasteiger partial charge is 0.326 e. The van der Waals surface area contributed by atoms with Crippen LogP contribution >= 0.6 is 22.9 Å². The molecular weight excluding hydrogens is 410 g/mol. The Morgan fingerprint density at radius 1 is 1.14 bits per heavy atom. The van der Waals surface area contributed by atoms with Crippen LogP contribution in [0.15, 0.2) is 47.8 Å². The summed E-state index contributed by atoms with van der Waals surface area (Å²) < 4.78 is 0. The molecule has 4 rings (SSSR count). The Balaban J connectivity index is 1.40. The number of carbonyl (C=O) groups excluding carboxylic acids is 3. The number of benzene rings is 2. The first-order chi connectivity index (χ1) is 13.9. The SMILES string of the molecule is CN1C(=O)c2ccc(NC(=O)Cc3csc(Cc4cccc(Cl)c4)n3)cc2C1=O. The van der Waals surface area contributed by atoms with E-state index in [0.717, 1.165) is 15.5 Å². The molecule has 0 saturated carbocycles. The van der Waals surface area contributed by atoms with Crippen LogP contribution in [-0.4, -0.2) is 34.7 Å². The first-order valence-corrected chi connectivity index (χ1v) is 10.1. The highest BCUT2D eigenvalue weighted by molar-refractivity contribution is 7.09. The average molecular weight is 426 g/mol. The van der Waals surface area contributed by atoms with E-state index in [0.29, 0.717) is 34.0 Å². The van der Waals surface area contributed by atoms with Crippen LogP contribution in [0.25, 0.3) is 0 Å². The van der Waals surface area contributed by atoms with Crippen molar-refractivity contribution in [2.45, 2.75) is 12.8 Å². The number of amides is 3. The molecule has 3 amide bonds. The first kappa shape index (κ1) is 19.3. The summed E-state index contributed by atoms with van der Waals surface area (Å²) in [5.41, 5.74) is 2.86. The Morgan fingerprint density at radius 2 is 1.93 bits per heavy atom. The Bertz CT molecular complexity index is 1140. The lowest BCUT2D eigenvalue weighted by atomic mass is 10.1. The lowest BCUT2D eigenvalue weighted by Crippen LogP contribution is -2.24. The number of hydrogen-bond donors (Lipinski definition) is 1. The van der Waals surface area contributed by atoms with Crippen LogP contribution in [0.2, 0.25) is 5.02 Å². The molecule has 0 radical (unpaired) electrons. The third-order valence-corrected chi connectivity index (χ3v) is 5.69. The minimum absolute atomic E-state index is 0.121. The van der Waals surface area contributed by atoms with E-state index in [4.69, 9.17) is 11.6 Å². The van der Waals surface area contributed by atoms with E-state index in [2.05, 4.69) is 10.3 Å². The predicted octanol–water partition coefficient (Wildman–Crippen LogP) is 3.79. The minimum Gasteiger partial charge on any atom is -0.326 e. The van der Waals surface area contributed by atoms with Gasteiger partial charge >= 0.3 is 0 Å². The van der Waals surface area contributed by atoms with Gasteiger partial charge in [-0.25, -0.2) is 4.98 Å². The van der Waals surface area contributed by atoms with Gasteiger partial charge < -0.3 is 5.32 Å². The number of halogens is 1. The van der Waals surface area contributed by atoms with E-state index in [9.17, 15) is 14.4 Å². The number of nitrogens with zero attached hydrogens (tertiary/aromatic N) is 2. The fraction of sp³-hybridized carbons (Fsp3) is 0.143. The fourth-order valence-electron chi connectivity index (χ4n) is 3.14. The van der Waals surface area contributed by atoms with Crippen LogP contribution in [0.5, 0.6) is 0 Å². The number of fused-ring (bicyclic) bond motifs is 1. The first-order valence-electron chi connectivity index (χ1n) is 8.85. The van der Waals surface area contributed by atoms with Gasteiger partial charge in [-0.2, -0.15) is 0 Å². The van der Waals surface area contributed by atoms with Crippen LogP contribution in [0.3, 0.4) is 0 Å². The van der Waals surface area contributed by atoms with Gasteiger partial charge in [-0.05, 0) is 35.9 Å².